The number of esters is 1. The Morgan fingerprint density at radius 3 is 2.27 bits per heavy atom. The Morgan fingerprint density at radius 2 is 1.73 bits per heavy atom. The molecule has 0 bridgehead atoms. The fourth-order valence-electron chi connectivity index (χ4n) is 3.30. The van der Waals surface area contributed by atoms with Gasteiger partial charge < -0.3 is 10.5 Å². The number of nitrogens with two attached hydrogens (primary N) is 1. The van der Waals surface area contributed by atoms with Crippen LogP contribution in [0.2, 0.25) is 5.02 Å². The van der Waals surface area contributed by atoms with Crippen LogP contribution in [0.5, 0.6) is 0 Å². The van der Waals surface area contributed by atoms with Gasteiger partial charge in [0, 0.05) is 10.9 Å². The summed E-state index contributed by atoms with van der Waals surface area (Å²) in [7, 11) is -3.82. The summed E-state index contributed by atoms with van der Waals surface area (Å²) >= 11 is 5.92. The summed E-state index contributed by atoms with van der Waals surface area (Å²) in [6.07, 6.45) is 0. The van der Waals surface area contributed by atoms with Crippen molar-refractivity contribution in [3.63, 3.8) is 0 Å². The van der Waals surface area contributed by atoms with Crippen molar-refractivity contribution in [2.24, 2.45) is 5.73 Å². The highest BCUT2D eigenvalue weighted by Crippen LogP contribution is 2.56. The molecule has 0 amide bonds. The van der Waals surface area contributed by atoms with Crippen LogP contribution < -0.4 is 5.73 Å². The maximum atomic E-state index is 13.2. The van der Waals surface area contributed by atoms with E-state index >= 15 is 0 Å². The van der Waals surface area contributed by atoms with Crippen molar-refractivity contribution in [3.8, 4) is 0 Å². The number of aryl methyl sites for hydroxylation is 1. The Kier molecular flexibility index (Phi) is 4.86. The van der Waals surface area contributed by atoms with Crippen LogP contribution in [0.3, 0.4) is 0 Å². The van der Waals surface area contributed by atoms with E-state index in [-0.39, 0.29) is 11.5 Å². The van der Waals surface area contributed by atoms with Crippen molar-refractivity contribution in [2.75, 3.05) is 6.61 Å². The molecule has 3 atom stereocenters. The van der Waals surface area contributed by atoms with Crippen LogP contribution >= 0.6 is 11.6 Å². The smallest absolute Gasteiger partial charge is 0.328 e. The number of benzene rings is 2. The number of carbonyl (C=O) groups excluding carboxylic acids is 1. The highest BCUT2D eigenvalue weighted by atomic mass is 35.5. The SMILES string of the molecule is CCOC(=O)[C@]1(N)[C@H](c2ccc(Cl)cc2)[C@H]1S(=O)(=O)c1ccc(C)cc1. The molecule has 138 valence electrons. The first kappa shape index (κ1) is 18.9. The van der Waals surface area contributed by atoms with Gasteiger partial charge in [0.15, 0.2) is 9.84 Å². The second-order valence-electron chi connectivity index (χ2n) is 6.46. The van der Waals surface area contributed by atoms with E-state index < -0.39 is 32.5 Å². The molecule has 26 heavy (non-hydrogen) atoms. The van der Waals surface area contributed by atoms with Gasteiger partial charge in [0.2, 0.25) is 0 Å². The molecule has 7 heteroatoms. The molecule has 0 spiro atoms. The fraction of sp³-hybridized carbons (Fsp3) is 0.316. The Bertz CT molecular complexity index is 925. The normalized spacial score (nSPS) is 24.9. The third kappa shape index (κ3) is 3.02. The van der Waals surface area contributed by atoms with Crippen LogP contribution in [-0.4, -0.2) is 31.8 Å². The number of halogens is 1. The van der Waals surface area contributed by atoms with Crippen LogP contribution in [0.15, 0.2) is 53.4 Å². The minimum absolute atomic E-state index is 0.127. The van der Waals surface area contributed by atoms with Crippen molar-refractivity contribution in [2.45, 2.75) is 35.4 Å². The van der Waals surface area contributed by atoms with Gasteiger partial charge >= 0.3 is 5.97 Å². The molecule has 1 aliphatic rings. The van der Waals surface area contributed by atoms with E-state index in [0.29, 0.717) is 10.6 Å². The molecular weight excluding hydrogens is 374 g/mol. The molecule has 0 heterocycles. The summed E-state index contributed by atoms with van der Waals surface area (Å²) in [5, 5.41) is -0.566. The molecule has 1 aliphatic carbocycles. The number of ether oxygens (including phenoxy) is 1. The zero-order valence-corrected chi connectivity index (χ0v) is 16.0. The van der Waals surface area contributed by atoms with E-state index in [1.165, 1.54) is 12.1 Å². The number of rotatable bonds is 5. The predicted octanol–water partition coefficient (Wildman–Crippen LogP) is 2.85. The van der Waals surface area contributed by atoms with Gasteiger partial charge in [-0.3, -0.25) is 0 Å². The average Bonchev–Trinajstić information content (AvgIpc) is 3.25. The van der Waals surface area contributed by atoms with Gasteiger partial charge in [0.1, 0.15) is 10.8 Å². The first-order chi connectivity index (χ1) is 12.2. The Balaban J connectivity index is 2.06. The molecule has 0 aliphatic heterocycles. The molecular formula is C19H20ClNO4S. The molecule has 1 saturated carbocycles. The van der Waals surface area contributed by atoms with E-state index in [1.807, 2.05) is 6.92 Å². The van der Waals surface area contributed by atoms with Crippen LogP contribution in [0, 0.1) is 6.92 Å². The number of hydrogen-bond donors (Lipinski definition) is 1. The zero-order valence-electron chi connectivity index (χ0n) is 14.5. The largest absolute Gasteiger partial charge is 0.465 e. The first-order valence-corrected chi connectivity index (χ1v) is 10.2. The molecule has 0 saturated heterocycles. The Labute approximate surface area is 158 Å². The third-order valence-corrected chi connectivity index (χ3v) is 7.23. The maximum Gasteiger partial charge on any atom is 0.328 e. The average molecular weight is 394 g/mol. The number of carbonyl (C=O) groups is 1. The lowest BCUT2D eigenvalue weighted by atomic mass is 10.1. The zero-order chi connectivity index (χ0) is 19.1. The summed E-state index contributed by atoms with van der Waals surface area (Å²) < 4.78 is 31.4. The fourth-order valence-corrected chi connectivity index (χ4v) is 5.66. The lowest BCUT2D eigenvalue weighted by Crippen LogP contribution is -2.41. The molecule has 2 N–H and O–H groups in total. The van der Waals surface area contributed by atoms with Gasteiger partial charge in [-0.05, 0) is 43.7 Å². The highest BCUT2D eigenvalue weighted by Gasteiger charge is 2.74. The van der Waals surface area contributed by atoms with Gasteiger partial charge in [-0.1, -0.05) is 41.4 Å². The van der Waals surface area contributed by atoms with Crippen molar-refractivity contribution in [1.82, 2.24) is 0 Å². The maximum absolute atomic E-state index is 13.2. The van der Waals surface area contributed by atoms with Gasteiger partial charge in [0.25, 0.3) is 0 Å². The molecule has 0 aromatic heterocycles. The number of sulfone groups is 1. The van der Waals surface area contributed by atoms with Crippen LogP contribution in [0.25, 0.3) is 0 Å². The quantitative estimate of drug-likeness (QED) is 0.789. The lowest BCUT2D eigenvalue weighted by molar-refractivity contribution is -0.145. The van der Waals surface area contributed by atoms with E-state index in [0.717, 1.165) is 5.56 Å². The molecule has 3 rings (SSSR count). The van der Waals surface area contributed by atoms with Crippen molar-refractivity contribution in [3.05, 3.63) is 64.7 Å². The summed E-state index contributed by atoms with van der Waals surface area (Å²) in [5.74, 6) is -1.40. The molecule has 2 aromatic rings. The number of hydrogen-bond acceptors (Lipinski definition) is 5. The third-order valence-electron chi connectivity index (χ3n) is 4.72. The van der Waals surface area contributed by atoms with Gasteiger partial charge in [-0.15, -0.1) is 0 Å². The standard InChI is InChI=1S/C19H20ClNO4S/c1-3-25-18(22)19(21)16(13-6-8-14(20)9-7-13)17(19)26(23,24)15-10-4-12(2)5-11-15/h4-11,16-17H,3,21H2,1-2H3/t16-,17-,19+/m1/s1. The first-order valence-electron chi connectivity index (χ1n) is 8.25. The van der Waals surface area contributed by atoms with E-state index in [4.69, 9.17) is 22.1 Å². The minimum atomic E-state index is -3.82. The lowest BCUT2D eigenvalue weighted by Gasteiger charge is -2.11. The van der Waals surface area contributed by atoms with Crippen molar-refractivity contribution >= 4 is 27.4 Å². The van der Waals surface area contributed by atoms with E-state index in [2.05, 4.69) is 0 Å². The second kappa shape index (κ2) is 6.68. The topological polar surface area (TPSA) is 86.5 Å². The molecule has 1 fully saturated rings. The summed E-state index contributed by atoms with van der Waals surface area (Å²) in [6, 6.07) is 13.2. The van der Waals surface area contributed by atoms with Crippen molar-refractivity contribution in [1.29, 1.82) is 0 Å². The van der Waals surface area contributed by atoms with E-state index in [9.17, 15) is 13.2 Å². The molecule has 5 nitrogen and oxygen atoms in total. The van der Waals surface area contributed by atoms with Gasteiger partial charge in [0.05, 0.1) is 11.5 Å². The van der Waals surface area contributed by atoms with Crippen LogP contribution in [0.1, 0.15) is 24.0 Å². The molecule has 2 aromatic carbocycles. The second-order valence-corrected chi connectivity index (χ2v) is 8.97. The Morgan fingerprint density at radius 1 is 1.15 bits per heavy atom. The van der Waals surface area contributed by atoms with Crippen molar-refractivity contribution < 1.29 is 17.9 Å². The van der Waals surface area contributed by atoms with Crippen LogP contribution in [-0.2, 0) is 19.4 Å². The minimum Gasteiger partial charge on any atom is -0.465 e. The Hall–Kier alpha value is -1.89. The molecule has 0 radical (unpaired) electrons. The summed E-state index contributed by atoms with van der Waals surface area (Å²) in [6.45, 7) is 3.66. The highest BCUT2D eigenvalue weighted by molar-refractivity contribution is 7.92. The van der Waals surface area contributed by atoms with Crippen LogP contribution in [0.4, 0.5) is 0 Å². The monoisotopic (exact) mass is 393 g/mol. The summed E-state index contributed by atoms with van der Waals surface area (Å²) in [4.78, 5) is 12.6. The predicted molar refractivity (Wildman–Crippen MR) is 99.9 cm³/mol. The summed E-state index contributed by atoms with van der Waals surface area (Å²) in [5.41, 5.74) is 6.27. The van der Waals surface area contributed by atoms with Gasteiger partial charge in [-0.25, -0.2) is 13.2 Å². The van der Waals surface area contributed by atoms with E-state index in [1.54, 1.807) is 43.3 Å². The molecule has 0 unspecified atom stereocenters. The van der Waals surface area contributed by atoms with Gasteiger partial charge in [-0.2, -0.15) is 0 Å².